The van der Waals surface area contributed by atoms with Gasteiger partial charge >= 0.3 is 0 Å². The second-order valence-corrected chi connectivity index (χ2v) is 13.3. The molecular formula is C34H34Cl3N3O5S. The summed E-state index contributed by atoms with van der Waals surface area (Å²) in [5, 5.41) is 3.80. The third kappa shape index (κ3) is 8.73. The minimum Gasteiger partial charge on any atom is -0.492 e. The van der Waals surface area contributed by atoms with Crippen molar-refractivity contribution < 1.29 is 22.7 Å². The van der Waals surface area contributed by atoms with Crippen LogP contribution in [0, 0.1) is 0 Å². The molecule has 0 aliphatic rings. The van der Waals surface area contributed by atoms with E-state index in [-0.39, 0.29) is 46.8 Å². The largest absolute Gasteiger partial charge is 0.492 e. The van der Waals surface area contributed by atoms with Crippen molar-refractivity contribution >= 4 is 62.3 Å². The molecule has 0 radical (unpaired) electrons. The number of ether oxygens (including phenoxy) is 1. The van der Waals surface area contributed by atoms with E-state index in [0.717, 1.165) is 9.87 Å². The maximum atomic E-state index is 14.5. The zero-order valence-corrected chi connectivity index (χ0v) is 28.4. The van der Waals surface area contributed by atoms with Gasteiger partial charge in [-0.05, 0) is 73.5 Å². The van der Waals surface area contributed by atoms with Crippen molar-refractivity contribution in [1.29, 1.82) is 0 Å². The molecule has 0 saturated heterocycles. The summed E-state index contributed by atoms with van der Waals surface area (Å²) in [6.07, 6.45) is 0.180. The van der Waals surface area contributed by atoms with Crippen LogP contribution in [0.5, 0.6) is 5.75 Å². The molecule has 46 heavy (non-hydrogen) atoms. The van der Waals surface area contributed by atoms with Crippen LogP contribution in [0.25, 0.3) is 0 Å². The summed E-state index contributed by atoms with van der Waals surface area (Å²) < 4.78 is 35.3. The lowest BCUT2D eigenvalue weighted by Crippen LogP contribution is -2.53. The van der Waals surface area contributed by atoms with Gasteiger partial charge in [0.05, 0.1) is 27.2 Å². The van der Waals surface area contributed by atoms with E-state index in [0.29, 0.717) is 22.2 Å². The van der Waals surface area contributed by atoms with Crippen molar-refractivity contribution in [1.82, 2.24) is 10.2 Å². The van der Waals surface area contributed by atoms with E-state index in [2.05, 4.69) is 5.32 Å². The number of benzene rings is 4. The van der Waals surface area contributed by atoms with Crippen LogP contribution in [-0.2, 0) is 32.6 Å². The number of carbonyl (C=O) groups is 2. The number of nitrogens with one attached hydrogen (secondary N) is 1. The number of anilines is 1. The summed E-state index contributed by atoms with van der Waals surface area (Å²) in [6.45, 7) is 3.47. The number of rotatable bonds is 14. The molecule has 0 aromatic heterocycles. The van der Waals surface area contributed by atoms with Crippen molar-refractivity contribution in [2.45, 2.75) is 37.8 Å². The zero-order valence-electron chi connectivity index (χ0n) is 25.3. The Bertz CT molecular complexity index is 1760. The van der Waals surface area contributed by atoms with Crippen LogP contribution in [0.3, 0.4) is 0 Å². The Kier molecular flexibility index (Phi) is 12.3. The quantitative estimate of drug-likeness (QED) is 0.153. The molecule has 2 amide bonds. The Morgan fingerprint density at radius 2 is 1.50 bits per heavy atom. The third-order valence-electron chi connectivity index (χ3n) is 7.07. The maximum Gasteiger partial charge on any atom is 0.264 e. The lowest BCUT2D eigenvalue weighted by atomic mass is 10.0. The fraction of sp³-hybridized carbons (Fsp3) is 0.235. The Balaban J connectivity index is 1.84. The minimum atomic E-state index is -4.33. The van der Waals surface area contributed by atoms with E-state index in [1.165, 1.54) is 29.2 Å². The normalized spacial score (nSPS) is 11.8. The average Bonchev–Trinajstić information content (AvgIpc) is 3.04. The zero-order chi connectivity index (χ0) is 33.3. The van der Waals surface area contributed by atoms with Gasteiger partial charge in [-0.15, -0.1) is 0 Å². The monoisotopic (exact) mass is 701 g/mol. The van der Waals surface area contributed by atoms with Crippen LogP contribution in [-0.4, -0.2) is 50.9 Å². The van der Waals surface area contributed by atoms with E-state index in [1.54, 1.807) is 56.3 Å². The second kappa shape index (κ2) is 16.2. The molecule has 1 unspecified atom stereocenters. The van der Waals surface area contributed by atoms with E-state index in [1.807, 2.05) is 30.3 Å². The van der Waals surface area contributed by atoms with Crippen LogP contribution in [0.4, 0.5) is 5.69 Å². The number of sulfonamides is 1. The fourth-order valence-electron chi connectivity index (χ4n) is 4.87. The topological polar surface area (TPSA) is 96.0 Å². The number of hydrogen-bond acceptors (Lipinski definition) is 5. The minimum absolute atomic E-state index is 0.0493. The molecule has 4 aromatic carbocycles. The first kappa shape index (κ1) is 35.1. The summed E-state index contributed by atoms with van der Waals surface area (Å²) in [5.41, 5.74) is 1.59. The van der Waals surface area contributed by atoms with Gasteiger partial charge in [-0.1, -0.05) is 83.3 Å². The van der Waals surface area contributed by atoms with Gasteiger partial charge in [0.25, 0.3) is 10.0 Å². The molecule has 0 fully saturated rings. The molecule has 0 aliphatic carbocycles. The highest BCUT2D eigenvalue weighted by atomic mass is 35.5. The lowest BCUT2D eigenvalue weighted by molar-refractivity contribution is -0.140. The van der Waals surface area contributed by atoms with Crippen molar-refractivity contribution in [2.75, 3.05) is 24.0 Å². The van der Waals surface area contributed by atoms with E-state index >= 15 is 0 Å². The molecular weight excluding hydrogens is 669 g/mol. The first-order valence-electron chi connectivity index (χ1n) is 14.6. The Hall–Kier alpha value is -3.76. The van der Waals surface area contributed by atoms with Gasteiger partial charge in [0.1, 0.15) is 18.3 Å². The maximum absolute atomic E-state index is 14.5. The van der Waals surface area contributed by atoms with Crippen LogP contribution >= 0.6 is 34.8 Å². The molecule has 0 spiro atoms. The third-order valence-corrected chi connectivity index (χ3v) is 9.84. The molecule has 12 heteroatoms. The van der Waals surface area contributed by atoms with Crippen LogP contribution in [0.15, 0.2) is 102 Å². The van der Waals surface area contributed by atoms with Crippen molar-refractivity contribution in [3.8, 4) is 5.75 Å². The van der Waals surface area contributed by atoms with Gasteiger partial charge in [-0.3, -0.25) is 13.9 Å². The number of carbonyl (C=O) groups excluding carboxylic acids is 2. The number of halogens is 3. The molecule has 0 aliphatic heterocycles. The summed E-state index contributed by atoms with van der Waals surface area (Å²) in [5.74, 6) is -0.736. The summed E-state index contributed by atoms with van der Waals surface area (Å²) in [4.78, 5) is 29.5. The number of likely N-dealkylation sites (N-methyl/N-ethyl adjacent to an activating group) is 1. The predicted molar refractivity (Wildman–Crippen MR) is 183 cm³/mol. The molecule has 1 N–H and O–H groups in total. The first-order chi connectivity index (χ1) is 22.0. The molecule has 4 rings (SSSR count). The van der Waals surface area contributed by atoms with Crippen LogP contribution in [0.1, 0.15) is 25.0 Å². The molecule has 0 saturated carbocycles. The SMILES string of the molecule is CCNC(=O)C(Cc1ccccc1)N(Cc1ccc(Cl)c(Cl)c1)C(=O)CN(c1ccccc1OCC)S(=O)(=O)c1ccc(Cl)cc1. The number of amides is 2. The fourth-order valence-corrected chi connectivity index (χ4v) is 6.74. The van der Waals surface area contributed by atoms with Crippen LogP contribution in [0.2, 0.25) is 15.1 Å². The second-order valence-electron chi connectivity index (χ2n) is 10.2. The van der Waals surface area contributed by atoms with Gasteiger partial charge < -0.3 is 15.0 Å². The predicted octanol–water partition coefficient (Wildman–Crippen LogP) is 7.02. The van der Waals surface area contributed by atoms with Gasteiger partial charge in [-0.2, -0.15) is 0 Å². The highest BCUT2D eigenvalue weighted by Gasteiger charge is 2.35. The highest BCUT2D eigenvalue weighted by Crippen LogP contribution is 2.33. The van der Waals surface area contributed by atoms with Crippen molar-refractivity contribution in [2.24, 2.45) is 0 Å². The van der Waals surface area contributed by atoms with E-state index in [9.17, 15) is 18.0 Å². The molecule has 8 nitrogen and oxygen atoms in total. The number of para-hydroxylation sites is 2. The molecule has 0 heterocycles. The van der Waals surface area contributed by atoms with E-state index in [4.69, 9.17) is 39.5 Å². The Morgan fingerprint density at radius 1 is 0.826 bits per heavy atom. The smallest absolute Gasteiger partial charge is 0.264 e. The van der Waals surface area contributed by atoms with Gasteiger partial charge in [0, 0.05) is 24.5 Å². The molecule has 4 aromatic rings. The van der Waals surface area contributed by atoms with Gasteiger partial charge in [-0.25, -0.2) is 8.42 Å². The van der Waals surface area contributed by atoms with Gasteiger partial charge in [0.2, 0.25) is 11.8 Å². The van der Waals surface area contributed by atoms with Crippen molar-refractivity contribution in [3.63, 3.8) is 0 Å². The van der Waals surface area contributed by atoms with Gasteiger partial charge in [0.15, 0.2) is 0 Å². The number of nitrogens with zero attached hydrogens (tertiary/aromatic N) is 2. The summed E-state index contributed by atoms with van der Waals surface area (Å²) >= 11 is 18.6. The van der Waals surface area contributed by atoms with E-state index < -0.39 is 28.5 Å². The van der Waals surface area contributed by atoms with Crippen LogP contribution < -0.4 is 14.4 Å². The highest BCUT2D eigenvalue weighted by molar-refractivity contribution is 7.92. The molecule has 242 valence electrons. The Labute approximate surface area is 284 Å². The standard InChI is InChI=1S/C34H34Cl3N3O5S/c1-3-38-34(42)31(21-24-10-6-5-7-11-24)39(22-25-14-19-28(36)29(37)20-25)33(41)23-40(30-12-8-9-13-32(30)45-4-2)46(43,44)27-17-15-26(35)16-18-27/h5-20,31H,3-4,21-23H2,1-2H3,(H,38,42). The molecule has 1 atom stereocenters. The first-order valence-corrected chi connectivity index (χ1v) is 17.2. The summed E-state index contributed by atoms with van der Waals surface area (Å²) in [7, 11) is -4.33. The Morgan fingerprint density at radius 3 is 2.15 bits per heavy atom. The lowest BCUT2D eigenvalue weighted by Gasteiger charge is -2.34. The molecule has 0 bridgehead atoms. The van der Waals surface area contributed by atoms with Crippen molar-refractivity contribution in [3.05, 3.63) is 123 Å². The summed E-state index contributed by atoms with van der Waals surface area (Å²) in [6, 6.07) is 25.5. The number of hydrogen-bond donors (Lipinski definition) is 1. The average molecular weight is 703 g/mol.